The lowest BCUT2D eigenvalue weighted by Gasteiger charge is -2.13. The quantitative estimate of drug-likeness (QED) is 0.848. The molecule has 0 bridgehead atoms. The van der Waals surface area contributed by atoms with Crippen molar-refractivity contribution in [3.05, 3.63) is 23.4 Å². The lowest BCUT2D eigenvalue weighted by molar-refractivity contribution is -0.117. The van der Waals surface area contributed by atoms with Crippen LogP contribution in [-0.2, 0) is 4.79 Å². The summed E-state index contributed by atoms with van der Waals surface area (Å²) in [5, 5.41) is 3.17. The van der Waals surface area contributed by atoms with Gasteiger partial charge in [0.05, 0.1) is 11.1 Å². The predicted octanol–water partition coefficient (Wildman–Crippen LogP) is 2.05. The molecule has 16 heavy (non-hydrogen) atoms. The highest BCUT2D eigenvalue weighted by Crippen LogP contribution is 2.10. The molecule has 5 heteroatoms. The van der Waals surface area contributed by atoms with Gasteiger partial charge in [0.2, 0.25) is 5.91 Å². The predicted molar refractivity (Wildman–Crippen MR) is 65.3 cm³/mol. The van der Waals surface area contributed by atoms with Gasteiger partial charge in [0.15, 0.2) is 0 Å². The molecule has 1 aromatic rings. The zero-order valence-corrected chi connectivity index (χ0v) is 10.2. The Morgan fingerprint density at radius 1 is 1.56 bits per heavy atom. The lowest BCUT2D eigenvalue weighted by Crippen LogP contribution is -2.36. The molecule has 0 aliphatic rings. The van der Waals surface area contributed by atoms with E-state index in [0.717, 1.165) is 0 Å². The number of pyridine rings is 1. The summed E-state index contributed by atoms with van der Waals surface area (Å²) in [6.07, 6.45) is 2.13. The zero-order chi connectivity index (χ0) is 12.1. The largest absolute Gasteiger partial charge is 0.320 e. The normalized spacial score (nSPS) is 12.6. The number of anilines is 1. The van der Waals surface area contributed by atoms with E-state index in [1.807, 2.05) is 13.8 Å². The number of nitrogens with two attached hydrogens (primary N) is 1. The van der Waals surface area contributed by atoms with Gasteiger partial charge in [-0.05, 0) is 24.5 Å². The van der Waals surface area contributed by atoms with Crippen LogP contribution in [0.4, 0.5) is 5.82 Å². The van der Waals surface area contributed by atoms with Crippen LogP contribution in [0.5, 0.6) is 0 Å². The van der Waals surface area contributed by atoms with E-state index in [-0.39, 0.29) is 5.91 Å². The maximum absolute atomic E-state index is 11.6. The maximum atomic E-state index is 11.6. The Labute approximate surface area is 100 Å². The molecule has 1 aromatic heterocycles. The molecular formula is C11H16ClN3O. The minimum Gasteiger partial charge on any atom is -0.320 e. The fourth-order valence-corrected chi connectivity index (χ4v) is 1.40. The van der Waals surface area contributed by atoms with Gasteiger partial charge in [0.1, 0.15) is 5.82 Å². The van der Waals surface area contributed by atoms with Crippen molar-refractivity contribution in [2.24, 2.45) is 11.7 Å². The highest BCUT2D eigenvalue weighted by molar-refractivity contribution is 6.30. The van der Waals surface area contributed by atoms with Crippen LogP contribution in [0.2, 0.25) is 5.02 Å². The maximum Gasteiger partial charge on any atom is 0.242 e. The molecule has 1 rings (SSSR count). The molecule has 1 unspecified atom stereocenters. The van der Waals surface area contributed by atoms with E-state index in [2.05, 4.69) is 10.3 Å². The van der Waals surface area contributed by atoms with Gasteiger partial charge in [0.25, 0.3) is 0 Å². The molecule has 0 fully saturated rings. The number of hydrogen-bond donors (Lipinski definition) is 2. The summed E-state index contributed by atoms with van der Waals surface area (Å²) < 4.78 is 0. The van der Waals surface area contributed by atoms with Crippen LogP contribution in [0.15, 0.2) is 18.3 Å². The summed E-state index contributed by atoms with van der Waals surface area (Å²) in [4.78, 5) is 15.6. The zero-order valence-electron chi connectivity index (χ0n) is 9.40. The van der Waals surface area contributed by atoms with E-state index in [4.69, 9.17) is 17.3 Å². The number of rotatable bonds is 4. The summed E-state index contributed by atoms with van der Waals surface area (Å²) in [6, 6.07) is 2.80. The summed E-state index contributed by atoms with van der Waals surface area (Å²) in [5.41, 5.74) is 5.73. The van der Waals surface area contributed by atoms with Crippen molar-refractivity contribution in [3.8, 4) is 0 Å². The van der Waals surface area contributed by atoms with Gasteiger partial charge in [-0.1, -0.05) is 25.4 Å². The van der Waals surface area contributed by atoms with Gasteiger partial charge in [-0.3, -0.25) is 4.79 Å². The molecule has 88 valence electrons. The first-order valence-corrected chi connectivity index (χ1v) is 5.55. The van der Waals surface area contributed by atoms with Crippen LogP contribution in [0.1, 0.15) is 20.3 Å². The Bertz CT molecular complexity index is 351. The molecule has 3 N–H and O–H groups in total. The van der Waals surface area contributed by atoms with E-state index >= 15 is 0 Å². The second-order valence-electron chi connectivity index (χ2n) is 4.09. The van der Waals surface area contributed by atoms with Gasteiger partial charge in [-0.2, -0.15) is 0 Å². The van der Waals surface area contributed by atoms with E-state index < -0.39 is 6.04 Å². The Balaban J connectivity index is 2.54. The van der Waals surface area contributed by atoms with E-state index in [1.165, 1.54) is 6.20 Å². The molecule has 1 atom stereocenters. The van der Waals surface area contributed by atoms with Crippen molar-refractivity contribution in [2.75, 3.05) is 5.32 Å². The SMILES string of the molecule is CC(C)CC(N)C(=O)Nc1ccc(Cl)cn1. The first-order valence-electron chi connectivity index (χ1n) is 5.17. The topological polar surface area (TPSA) is 68.0 Å². The number of nitrogens with one attached hydrogen (secondary N) is 1. The number of carbonyl (C=O) groups excluding carboxylic acids is 1. The van der Waals surface area contributed by atoms with Crippen LogP contribution in [0.3, 0.4) is 0 Å². The van der Waals surface area contributed by atoms with E-state index in [9.17, 15) is 4.79 Å². The van der Waals surface area contributed by atoms with Crippen LogP contribution in [0, 0.1) is 5.92 Å². The summed E-state index contributed by atoms with van der Waals surface area (Å²) in [5.74, 6) is 0.635. The first-order chi connectivity index (χ1) is 7.49. The van der Waals surface area contributed by atoms with E-state index in [1.54, 1.807) is 12.1 Å². The van der Waals surface area contributed by atoms with Crippen LogP contribution < -0.4 is 11.1 Å². The van der Waals surface area contributed by atoms with Gasteiger partial charge in [-0.25, -0.2) is 4.98 Å². The highest BCUT2D eigenvalue weighted by atomic mass is 35.5. The van der Waals surface area contributed by atoms with Crippen molar-refractivity contribution in [3.63, 3.8) is 0 Å². The van der Waals surface area contributed by atoms with Gasteiger partial charge in [-0.15, -0.1) is 0 Å². The average molecular weight is 242 g/mol. The molecule has 0 radical (unpaired) electrons. The van der Waals surface area contributed by atoms with Gasteiger partial charge in [0, 0.05) is 6.20 Å². The number of hydrogen-bond acceptors (Lipinski definition) is 3. The smallest absolute Gasteiger partial charge is 0.242 e. The second kappa shape index (κ2) is 5.82. The molecule has 0 saturated carbocycles. The number of halogens is 1. The Morgan fingerprint density at radius 3 is 2.75 bits per heavy atom. The Kier molecular flexibility index (Phi) is 4.71. The third-order valence-corrected chi connectivity index (χ3v) is 2.26. The molecule has 4 nitrogen and oxygen atoms in total. The number of aromatic nitrogens is 1. The Morgan fingerprint density at radius 2 is 2.25 bits per heavy atom. The Hall–Kier alpha value is -1.13. The van der Waals surface area contributed by atoms with Crippen molar-refractivity contribution < 1.29 is 4.79 Å². The summed E-state index contributed by atoms with van der Waals surface area (Å²) >= 11 is 5.68. The molecule has 0 aliphatic carbocycles. The minimum atomic E-state index is -0.502. The van der Waals surface area contributed by atoms with Crippen LogP contribution in [-0.4, -0.2) is 16.9 Å². The number of nitrogens with zero attached hydrogens (tertiary/aromatic N) is 1. The van der Waals surface area contributed by atoms with Crippen LogP contribution in [0.25, 0.3) is 0 Å². The third-order valence-electron chi connectivity index (χ3n) is 2.04. The molecular weight excluding hydrogens is 226 g/mol. The van der Waals surface area contributed by atoms with Gasteiger partial charge < -0.3 is 11.1 Å². The molecule has 0 saturated heterocycles. The van der Waals surface area contributed by atoms with Crippen molar-refractivity contribution in [1.29, 1.82) is 0 Å². The fourth-order valence-electron chi connectivity index (χ4n) is 1.28. The van der Waals surface area contributed by atoms with E-state index in [0.29, 0.717) is 23.2 Å². The molecule has 1 amide bonds. The van der Waals surface area contributed by atoms with Crippen molar-refractivity contribution >= 4 is 23.3 Å². The molecule has 1 heterocycles. The average Bonchev–Trinajstić information content (AvgIpc) is 2.20. The number of carbonyl (C=O) groups is 1. The highest BCUT2D eigenvalue weighted by Gasteiger charge is 2.15. The first kappa shape index (κ1) is 12.9. The van der Waals surface area contributed by atoms with Gasteiger partial charge >= 0.3 is 0 Å². The number of amides is 1. The van der Waals surface area contributed by atoms with Crippen LogP contribution >= 0.6 is 11.6 Å². The second-order valence-corrected chi connectivity index (χ2v) is 4.52. The lowest BCUT2D eigenvalue weighted by atomic mass is 10.0. The standard InChI is InChI=1S/C11H16ClN3O/c1-7(2)5-9(13)11(16)15-10-4-3-8(12)6-14-10/h3-4,6-7,9H,5,13H2,1-2H3,(H,14,15,16). The fraction of sp³-hybridized carbons (Fsp3) is 0.455. The van der Waals surface area contributed by atoms with Crippen molar-refractivity contribution in [2.45, 2.75) is 26.3 Å². The minimum absolute atomic E-state index is 0.219. The summed E-state index contributed by atoms with van der Waals surface area (Å²) in [7, 11) is 0. The van der Waals surface area contributed by atoms with Crippen molar-refractivity contribution in [1.82, 2.24) is 4.98 Å². The monoisotopic (exact) mass is 241 g/mol. The molecule has 0 spiro atoms. The molecule has 0 aliphatic heterocycles. The molecule has 0 aromatic carbocycles. The third kappa shape index (κ3) is 4.16. The summed E-state index contributed by atoms with van der Waals surface area (Å²) in [6.45, 7) is 4.04.